The highest BCUT2D eigenvalue weighted by atomic mass is 19.1. The van der Waals surface area contributed by atoms with Crippen molar-refractivity contribution in [1.82, 2.24) is 25.1 Å². The average Bonchev–Trinajstić information content (AvgIpc) is 2.94. The van der Waals surface area contributed by atoms with Crippen LogP contribution in [-0.4, -0.2) is 31.7 Å². The minimum absolute atomic E-state index is 0.0298. The highest BCUT2D eigenvalue weighted by Gasteiger charge is 2.30. The number of aromatic amines is 1. The van der Waals surface area contributed by atoms with Gasteiger partial charge in [-0.15, -0.1) is 0 Å². The van der Waals surface area contributed by atoms with E-state index < -0.39 is 0 Å². The van der Waals surface area contributed by atoms with E-state index in [-0.39, 0.29) is 11.9 Å². The Hall–Kier alpha value is -2.05. The molecular weight excluding hydrogens is 271 g/mol. The topological polar surface area (TPSA) is 70.6 Å². The summed E-state index contributed by atoms with van der Waals surface area (Å²) in [5.74, 6) is 1.53. The van der Waals surface area contributed by atoms with Crippen molar-refractivity contribution in [3.05, 3.63) is 29.5 Å². The number of rotatable bonds is 3. The van der Waals surface area contributed by atoms with Gasteiger partial charge in [-0.3, -0.25) is 5.10 Å². The molecule has 0 spiro atoms. The second kappa shape index (κ2) is 5.75. The van der Waals surface area contributed by atoms with Gasteiger partial charge in [-0.05, 0) is 32.6 Å². The Labute approximate surface area is 122 Å². The third kappa shape index (κ3) is 2.59. The summed E-state index contributed by atoms with van der Waals surface area (Å²) in [4.78, 5) is 14.6. The van der Waals surface area contributed by atoms with Crippen LogP contribution in [-0.2, 0) is 6.42 Å². The number of nitrogens with one attached hydrogen (secondary N) is 1. The fourth-order valence-corrected chi connectivity index (χ4v) is 2.80. The maximum atomic E-state index is 14.5. The molecule has 0 saturated carbocycles. The molecule has 2 aromatic heterocycles. The number of aromatic nitrogens is 5. The van der Waals surface area contributed by atoms with Crippen molar-refractivity contribution in [3.63, 3.8) is 0 Å². The number of hydrogen-bond donors (Lipinski definition) is 1. The van der Waals surface area contributed by atoms with Gasteiger partial charge in [-0.1, -0.05) is 6.92 Å². The Balaban J connectivity index is 1.98. The number of anilines is 1. The van der Waals surface area contributed by atoms with E-state index in [1.54, 1.807) is 0 Å². The molecule has 1 fully saturated rings. The quantitative estimate of drug-likeness (QED) is 0.939. The summed E-state index contributed by atoms with van der Waals surface area (Å²) >= 11 is 0. The molecular formula is C14H19FN6. The summed E-state index contributed by atoms with van der Waals surface area (Å²) in [6.45, 7) is 4.51. The molecule has 1 aliphatic rings. The van der Waals surface area contributed by atoms with Gasteiger partial charge in [0.25, 0.3) is 0 Å². The van der Waals surface area contributed by atoms with Crippen molar-refractivity contribution in [2.45, 2.75) is 45.6 Å². The Bertz CT molecular complexity index is 626. The van der Waals surface area contributed by atoms with Crippen molar-refractivity contribution in [2.75, 3.05) is 11.4 Å². The van der Waals surface area contributed by atoms with E-state index in [1.165, 1.54) is 6.33 Å². The van der Waals surface area contributed by atoms with E-state index in [2.05, 4.69) is 25.1 Å². The van der Waals surface area contributed by atoms with Gasteiger partial charge >= 0.3 is 0 Å². The lowest BCUT2D eigenvalue weighted by Gasteiger charge is -2.35. The number of hydrogen-bond acceptors (Lipinski definition) is 5. The van der Waals surface area contributed by atoms with Crippen LogP contribution >= 0.6 is 0 Å². The minimum atomic E-state index is -0.320. The number of piperidine rings is 1. The molecule has 1 aliphatic heterocycles. The molecule has 2 aromatic rings. The van der Waals surface area contributed by atoms with Crippen molar-refractivity contribution in [1.29, 1.82) is 0 Å². The summed E-state index contributed by atoms with van der Waals surface area (Å²) in [5, 5.41) is 7.10. The zero-order valence-corrected chi connectivity index (χ0v) is 12.3. The number of halogens is 1. The molecule has 1 N–H and O–H groups in total. The van der Waals surface area contributed by atoms with E-state index in [0.717, 1.165) is 31.6 Å². The second-order valence-corrected chi connectivity index (χ2v) is 5.30. The van der Waals surface area contributed by atoms with Gasteiger partial charge in [-0.2, -0.15) is 5.10 Å². The number of nitrogens with zero attached hydrogens (tertiary/aromatic N) is 5. The fourth-order valence-electron chi connectivity index (χ4n) is 2.80. The summed E-state index contributed by atoms with van der Waals surface area (Å²) < 4.78 is 14.5. The lowest BCUT2D eigenvalue weighted by Crippen LogP contribution is -2.35. The molecule has 21 heavy (non-hydrogen) atoms. The maximum absolute atomic E-state index is 14.5. The first kappa shape index (κ1) is 13.9. The van der Waals surface area contributed by atoms with E-state index in [4.69, 9.17) is 0 Å². The molecule has 0 unspecified atom stereocenters. The minimum Gasteiger partial charge on any atom is -0.344 e. The molecule has 1 atom stereocenters. The molecule has 0 radical (unpaired) electrons. The van der Waals surface area contributed by atoms with Crippen LogP contribution in [0.2, 0.25) is 0 Å². The maximum Gasteiger partial charge on any atom is 0.187 e. The van der Waals surface area contributed by atoms with Gasteiger partial charge in [0.15, 0.2) is 17.5 Å². The Morgan fingerprint density at radius 2 is 2.24 bits per heavy atom. The second-order valence-electron chi connectivity index (χ2n) is 5.30. The molecule has 0 bridgehead atoms. The normalized spacial score (nSPS) is 19.0. The van der Waals surface area contributed by atoms with Gasteiger partial charge in [0.05, 0.1) is 11.7 Å². The highest BCUT2D eigenvalue weighted by molar-refractivity contribution is 5.43. The molecule has 112 valence electrons. The van der Waals surface area contributed by atoms with Gasteiger partial charge in [0.1, 0.15) is 12.2 Å². The summed E-state index contributed by atoms with van der Waals surface area (Å²) in [6.07, 6.45) is 5.00. The summed E-state index contributed by atoms with van der Waals surface area (Å²) in [6, 6.07) is -0.0298. The van der Waals surface area contributed by atoms with Crippen LogP contribution in [0.4, 0.5) is 10.2 Å². The number of H-pyrrole nitrogens is 1. The van der Waals surface area contributed by atoms with E-state index in [1.807, 2.05) is 18.7 Å². The van der Waals surface area contributed by atoms with E-state index in [9.17, 15) is 4.39 Å². The predicted molar refractivity (Wildman–Crippen MR) is 76.4 cm³/mol. The SMILES string of the molecule is CCc1ncnc(N2CCCC[C@@H]2c2n[nH]c(C)n2)c1F. The molecule has 0 aliphatic carbocycles. The molecule has 1 saturated heterocycles. The van der Waals surface area contributed by atoms with Crippen LogP contribution in [0.3, 0.4) is 0 Å². The third-order valence-electron chi connectivity index (χ3n) is 3.87. The van der Waals surface area contributed by atoms with Crippen LogP contribution in [0, 0.1) is 12.7 Å². The Morgan fingerprint density at radius 3 is 2.95 bits per heavy atom. The molecule has 0 aromatic carbocycles. The van der Waals surface area contributed by atoms with Crippen LogP contribution in [0.15, 0.2) is 6.33 Å². The van der Waals surface area contributed by atoms with E-state index in [0.29, 0.717) is 23.8 Å². The van der Waals surface area contributed by atoms with Gasteiger partial charge < -0.3 is 4.90 Å². The first-order chi connectivity index (χ1) is 10.2. The fraction of sp³-hybridized carbons (Fsp3) is 0.571. The Morgan fingerprint density at radius 1 is 1.38 bits per heavy atom. The highest BCUT2D eigenvalue weighted by Crippen LogP contribution is 2.34. The summed E-state index contributed by atoms with van der Waals surface area (Å²) in [5.41, 5.74) is 0.454. The lowest BCUT2D eigenvalue weighted by molar-refractivity contribution is 0.443. The van der Waals surface area contributed by atoms with E-state index >= 15 is 0 Å². The smallest absolute Gasteiger partial charge is 0.187 e. The van der Waals surface area contributed by atoms with Crippen LogP contribution in [0.25, 0.3) is 0 Å². The van der Waals surface area contributed by atoms with Crippen molar-refractivity contribution < 1.29 is 4.39 Å². The zero-order valence-electron chi connectivity index (χ0n) is 12.3. The van der Waals surface area contributed by atoms with Crippen molar-refractivity contribution >= 4 is 5.82 Å². The molecule has 7 heteroatoms. The van der Waals surface area contributed by atoms with Gasteiger partial charge in [0, 0.05) is 6.54 Å². The first-order valence-corrected chi connectivity index (χ1v) is 7.35. The zero-order chi connectivity index (χ0) is 14.8. The monoisotopic (exact) mass is 290 g/mol. The first-order valence-electron chi connectivity index (χ1n) is 7.35. The molecule has 3 rings (SSSR count). The van der Waals surface area contributed by atoms with Crippen LogP contribution in [0.1, 0.15) is 49.6 Å². The largest absolute Gasteiger partial charge is 0.344 e. The average molecular weight is 290 g/mol. The predicted octanol–water partition coefficient (Wildman–Crippen LogP) is 2.34. The lowest BCUT2D eigenvalue weighted by atomic mass is 10.0. The van der Waals surface area contributed by atoms with Gasteiger partial charge in [-0.25, -0.2) is 19.3 Å². The molecule has 6 nitrogen and oxygen atoms in total. The van der Waals surface area contributed by atoms with Gasteiger partial charge in [0.2, 0.25) is 0 Å². The standard InChI is InChI=1S/C14H19FN6/c1-3-10-12(15)14(17-8-16-10)21-7-5-4-6-11(21)13-18-9(2)19-20-13/h8,11H,3-7H2,1-2H3,(H,18,19,20)/t11-/m1/s1. The van der Waals surface area contributed by atoms with Crippen LogP contribution < -0.4 is 4.90 Å². The molecule has 0 amide bonds. The third-order valence-corrected chi connectivity index (χ3v) is 3.87. The number of aryl methyl sites for hydroxylation is 2. The summed E-state index contributed by atoms with van der Waals surface area (Å²) in [7, 11) is 0. The van der Waals surface area contributed by atoms with Crippen molar-refractivity contribution in [3.8, 4) is 0 Å². The molecule has 3 heterocycles. The van der Waals surface area contributed by atoms with Crippen molar-refractivity contribution in [2.24, 2.45) is 0 Å². The van der Waals surface area contributed by atoms with Crippen LogP contribution in [0.5, 0.6) is 0 Å². The Kier molecular flexibility index (Phi) is 3.81.